The minimum atomic E-state index is -2.15. The standard InChI is InChI=1S/C13H18F5NOSi/c1-20-21(2,3)7-5-4-6-19-13-11(17)9(15)8(14)10(16)12(13)18/h19H,4-7H2,1-3H3. The van der Waals surface area contributed by atoms with Crippen molar-refractivity contribution in [2.45, 2.75) is 32.0 Å². The second kappa shape index (κ2) is 7.21. The average Bonchev–Trinajstić information content (AvgIpc) is 2.46. The molecule has 0 amide bonds. The smallest absolute Gasteiger partial charge is 0.200 e. The molecule has 0 unspecified atom stereocenters. The van der Waals surface area contributed by atoms with Crippen LogP contribution >= 0.6 is 0 Å². The number of nitrogens with one attached hydrogen (secondary N) is 1. The van der Waals surface area contributed by atoms with Gasteiger partial charge in [0.1, 0.15) is 5.69 Å². The lowest BCUT2D eigenvalue weighted by Crippen LogP contribution is -2.28. The van der Waals surface area contributed by atoms with Crippen molar-refractivity contribution in [1.29, 1.82) is 0 Å². The Balaban J connectivity index is 2.61. The van der Waals surface area contributed by atoms with Crippen molar-refractivity contribution in [3.8, 4) is 0 Å². The van der Waals surface area contributed by atoms with Gasteiger partial charge < -0.3 is 9.74 Å². The Hall–Kier alpha value is -1.15. The molecule has 0 aliphatic heterocycles. The van der Waals surface area contributed by atoms with Crippen LogP contribution in [0.1, 0.15) is 12.8 Å². The molecule has 1 rings (SSSR count). The van der Waals surface area contributed by atoms with Gasteiger partial charge in [-0.15, -0.1) is 0 Å². The maximum atomic E-state index is 13.4. The Kier molecular flexibility index (Phi) is 6.15. The van der Waals surface area contributed by atoms with E-state index in [0.717, 1.165) is 12.5 Å². The molecule has 0 radical (unpaired) electrons. The van der Waals surface area contributed by atoms with E-state index in [1.165, 1.54) is 0 Å². The molecule has 0 fully saturated rings. The molecule has 0 aliphatic carbocycles. The monoisotopic (exact) mass is 327 g/mol. The van der Waals surface area contributed by atoms with Crippen LogP contribution in [0.15, 0.2) is 0 Å². The van der Waals surface area contributed by atoms with E-state index in [2.05, 4.69) is 5.32 Å². The van der Waals surface area contributed by atoms with E-state index in [1.54, 1.807) is 7.11 Å². The fourth-order valence-corrected chi connectivity index (χ4v) is 3.06. The molecule has 0 saturated heterocycles. The van der Waals surface area contributed by atoms with Crippen molar-refractivity contribution in [3.63, 3.8) is 0 Å². The molecule has 1 aromatic rings. The average molecular weight is 327 g/mol. The molecule has 2 nitrogen and oxygen atoms in total. The summed E-state index contributed by atoms with van der Waals surface area (Å²) in [5, 5.41) is 2.27. The highest BCUT2D eigenvalue weighted by atomic mass is 28.4. The molecule has 21 heavy (non-hydrogen) atoms. The maximum Gasteiger partial charge on any atom is 0.200 e. The van der Waals surface area contributed by atoms with Gasteiger partial charge in [-0.25, -0.2) is 22.0 Å². The summed E-state index contributed by atoms with van der Waals surface area (Å²) in [6, 6.07) is 0.849. The van der Waals surface area contributed by atoms with Crippen LogP contribution < -0.4 is 5.32 Å². The molecule has 0 spiro atoms. The molecular formula is C13H18F5NOSi. The number of anilines is 1. The lowest BCUT2D eigenvalue weighted by molar-refractivity contribution is 0.381. The number of benzene rings is 1. The highest BCUT2D eigenvalue weighted by Crippen LogP contribution is 2.27. The lowest BCUT2D eigenvalue weighted by Gasteiger charge is -2.19. The minimum Gasteiger partial charge on any atom is -0.420 e. The highest BCUT2D eigenvalue weighted by Gasteiger charge is 2.25. The summed E-state index contributed by atoms with van der Waals surface area (Å²) in [4.78, 5) is 0. The Morgan fingerprint density at radius 3 is 1.81 bits per heavy atom. The number of unbranched alkanes of at least 4 members (excludes halogenated alkanes) is 1. The van der Waals surface area contributed by atoms with Crippen LogP contribution in [0.4, 0.5) is 27.6 Å². The van der Waals surface area contributed by atoms with Gasteiger partial charge in [0.2, 0.25) is 5.82 Å². The molecule has 0 heterocycles. The summed E-state index contributed by atoms with van der Waals surface area (Å²) in [7, 11) is -0.0610. The SMILES string of the molecule is CO[Si](C)(C)CCCCNc1c(F)c(F)c(F)c(F)c1F. The van der Waals surface area contributed by atoms with Crippen LogP contribution in [0.2, 0.25) is 19.1 Å². The largest absolute Gasteiger partial charge is 0.420 e. The topological polar surface area (TPSA) is 21.3 Å². The number of hydrogen-bond acceptors (Lipinski definition) is 2. The van der Waals surface area contributed by atoms with Gasteiger partial charge >= 0.3 is 0 Å². The third kappa shape index (κ3) is 4.41. The van der Waals surface area contributed by atoms with Crippen molar-refractivity contribution in [2.75, 3.05) is 19.0 Å². The Morgan fingerprint density at radius 2 is 1.33 bits per heavy atom. The van der Waals surface area contributed by atoms with Crippen molar-refractivity contribution in [2.24, 2.45) is 0 Å². The van der Waals surface area contributed by atoms with E-state index in [4.69, 9.17) is 4.43 Å². The van der Waals surface area contributed by atoms with Crippen LogP contribution in [-0.4, -0.2) is 22.0 Å². The molecule has 0 bridgehead atoms. The fraction of sp³-hybridized carbons (Fsp3) is 0.538. The first kappa shape index (κ1) is 17.9. The van der Waals surface area contributed by atoms with Gasteiger partial charge in [0.25, 0.3) is 0 Å². The maximum absolute atomic E-state index is 13.4. The summed E-state index contributed by atoms with van der Waals surface area (Å²) >= 11 is 0. The van der Waals surface area contributed by atoms with Gasteiger partial charge in [0.15, 0.2) is 31.6 Å². The predicted octanol–water partition coefficient (Wildman–Crippen LogP) is 4.43. The fourth-order valence-electron chi connectivity index (χ4n) is 1.75. The zero-order valence-electron chi connectivity index (χ0n) is 12.1. The van der Waals surface area contributed by atoms with Crippen LogP contribution in [0.3, 0.4) is 0 Å². The Labute approximate surface area is 121 Å². The first-order valence-electron chi connectivity index (χ1n) is 6.51. The van der Waals surface area contributed by atoms with Crippen LogP contribution in [0, 0.1) is 29.1 Å². The normalized spacial score (nSPS) is 11.8. The van der Waals surface area contributed by atoms with E-state index < -0.39 is 43.1 Å². The van der Waals surface area contributed by atoms with Gasteiger partial charge in [-0.1, -0.05) is 6.42 Å². The van der Waals surface area contributed by atoms with Crippen molar-refractivity contribution < 1.29 is 26.4 Å². The third-order valence-corrected chi connectivity index (χ3v) is 5.93. The second-order valence-electron chi connectivity index (χ2n) is 5.29. The molecular weight excluding hydrogens is 309 g/mol. The number of hydrogen-bond donors (Lipinski definition) is 1. The van der Waals surface area contributed by atoms with Gasteiger partial charge in [0, 0.05) is 13.7 Å². The first-order valence-corrected chi connectivity index (χ1v) is 9.63. The quantitative estimate of drug-likeness (QED) is 0.263. The summed E-state index contributed by atoms with van der Waals surface area (Å²) in [5.74, 6) is -9.70. The van der Waals surface area contributed by atoms with E-state index >= 15 is 0 Å². The second-order valence-corrected chi connectivity index (χ2v) is 9.72. The van der Waals surface area contributed by atoms with Crippen molar-refractivity contribution in [1.82, 2.24) is 0 Å². The Bertz CT molecular complexity index is 481. The summed E-state index contributed by atoms with van der Waals surface area (Å²) in [5.41, 5.74) is -0.977. The van der Waals surface area contributed by atoms with Crippen LogP contribution in [0.5, 0.6) is 0 Å². The summed E-state index contributed by atoms with van der Waals surface area (Å²) in [6.45, 7) is 4.18. The zero-order valence-corrected chi connectivity index (χ0v) is 13.1. The summed E-state index contributed by atoms with van der Waals surface area (Å²) in [6.07, 6.45) is 1.29. The predicted molar refractivity (Wildman–Crippen MR) is 73.3 cm³/mol. The lowest BCUT2D eigenvalue weighted by atomic mass is 10.2. The first-order chi connectivity index (χ1) is 9.71. The van der Waals surface area contributed by atoms with E-state index in [-0.39, 0.29) is 6.54 Å². The van der Waals surface area contributed by atoms with Crippen LogP contribution in [-0.2, 0) is 4.43 Å². The van der Waals surface area contributed by atoms with Crippen molar-refractivity contribution >= 4 is 14.0 Å². The van der Waals surface area contributed by atoms with Crippen LogP contribution in [0.25, 0.3) is 0 Å². The number of halogens is 5. The molecule has 1 aromatic carbocycles. The minimum absolute atomic E-state index is 0.118. The third-order valence-electron chi connectivity index (χ3n) is 3.27. The number of rotatable bonds is 7. The molecule has 0 aliphatic rings. The molecule has 0 atom stereocenters. The zero-order chi connectivity index (χ0) is 16.2. The van der Waals surface area contributed by atoms with Crippen molar-refractivity contribution in [3.05, 3.63) is 29.1 Å². The molecule has 0 aromatic heterocycles. The van der Waals surface area contributed by atoms with E-state index in [1.807, 2.05) is 13.1 Å². The molecule has 1 N–H and O–H groups in total. The molecule has 0 saturated carbocycles. The van der Waals surface area contributed by atoms with Gasteiger partial charge in [-0.2, -0.15) is 0 Å². The molecule has 120 valence electrons. The van der Waals surface area contributed by atoms with E-state index in [9.17, 15) is 22.0 Å². The highest BCUT2D eigenvalue weighted by molar-refractivity contribution is 6.71. The van der Waals surface area contributed by atoms with Gasteiger partial charge in [-0.05, 0) is 25.6 Å². The Morgan fingerprint density at radius 1 is 0.857 bits per heavy atom. The molecule has 8 heteroatoms. The van der Waals surface area contributed by atoms with E-state index in [0.29, 0.717) is 6.42 Å². The summed E-state index contributed by atoms with van der Waals surface area (Å²) < 4.78 is 70.8. The van der Waals surface area contributed by atoms with Gasteiger partial charge in [-0.3, -0.25) is 0 Å². The van der Waals surface area contributed by atoms with Gasteiger partial charge in [0.05, 0.1) is 0 Å².